The average molecular weight is 664 g/mol. The van der Waals surface area contributed by atoms with E-state index in [1.165, 1.54) is 11.1 Å². The first-order valence-electron chi connectivity index (χ1n) is 17.3. The Morgan fingerprint density at radius 1 is 0.308 bits per heavy atom. The van der Waals surface area contributed by atoms with Crippen molar-refractivity contribution in [2.75, 3.05) is 0 Å². The summed E-state index contributed by atoms with van der Waals surface area (Å²) < 4.78 is 0. The van der Waals surface area contributed by atoms with Crippen LogP contribution in [0.25, 0.3) is 99.9 Å². The fraction of sp³-hybridized carbons (Fsp3) is 0. The number of nitrogens with zero attached hydrogens (tertiary/aromatic N) is 5. The van der Waals surface area contributed by atoms with Crippen LogP contribution in [0.5, 0.6) is 0 Å². The molecule has 0 saturated heterocycles. The molecule has 0 aliphatic carbocycles. The van der Waals surface area contributed by atoms with Gasteiger partial charge in [-0.2, -0.15) is 0 Å². The molecule has 0 atom stereocenters. The highest BCUT2D eigenvalue weighted by atomic mass is 15.0. The number of aromatic nitrogens is 5. The van der Waals surface area contributed by atoms with Crippen LogP contribution in [0.4, 0.5) is 0 Å². The summed E-state index contributed by atoms with van der Waals surface area (Å²) in [6.07, 6.45) is 1.83. The predicted molar refractivity (Wildman–Crippen MR) is 213 cm³/mol. The smallest absolute Gasteiger partial charge is 0.164 e. The Kier molecular flexibility index (Phi) is 7.07. The van der Waals surface area contributed by atoms with E-state index in [1.54, 1.807) is 0 Å². The molecule has 0 amide bonds. The molecule has 0 bridgehead atoms. The lowest BCUT2D eigenvalue weighted by Crippen LogP contribution is -2.00. The quantitative estimate of drug-likeness (QED) is 0.171. The van der Waals surface area contributed by atoms with E-state index >= 15 is 0 Å². The summed E-state index contributed by atoms with van der Waals surface area (Å²) in [5.41, 5.74) is 8.97. The molecule has 0 N–H and O–H groups in total. The number of rotatable bonds is 5. The van der Waals surface area contributed by atoms with Gasteiger partial charge in [-0.05, 0) is 56.9 Å². The van der Waals surface area contributed by atoms with Crippen molar-refractivity contribution in [3.05, 3.63) is 176 Å². The molecular formula is C47H29N5. The molecule has 0 saturated carbocycles. The van der Waals surface area contributed by atoms with Crippen molar-refractivity contribution < 1.29 is 0 Å². The van der Waals surface area contributed by atoms with E-state index in [2.05, 4.69) is 132 Å². The molecule has 0 aliphatic rings. The van der Waals surface area contributed by atoms with Crippen LogP contribution in [0.3, 0.4) is 0 Å². The summed E-state index contributed by atoms with van der Waals surface area (Å²) in [6.45, 7) is 0. The Balaban J connectivity index is 1.08. The van der Waals surface area contributed by atoms with Crippen LogP contribution in [-0.4, -0.2) is 24.9 Å². The number of hydrogen-bond acceptors (Lipinski definition) is 5. The van der Waals surface area contributed by atoms with Crippen molar-refractivity contribution in [3.63, 3.8) is 0 Å². The van der Waals surface area contributed by atoms with Crippen LogP contribution in [0.15, 0.2) is 176 Å². The van der Waals surface area contributed by atoms with Gasteiger partial charge in [0.05, 0.1) is 16.7 Å². The van der Waals surface area contributed by atoms with Crippen LogP contribution in [-0.2, 0) is 0 Å². The summed E-state index contributed by atoms with van der Waals surface area (Å²) in [7, 11) is 0. The monoisotopic (exact) mass is 663 g/mol. The third-order valence-electron chi connectivity index (χ3n) is 9.74. The van der Waals surface area contributed by atoms with Crippen molar-refractivity contribution in [2.24, 2.45) is 0 Å². The van der Waals surface area contributed by atoms with Gasteiger partial charge in [-0.1, -0.05) is 146 Å². The molecule has 242 valence electrons. The minimum Gasteiger partial charge on any atom is -0.254 e. The Labute approximate surface area is 300 Å². The average Bonchev–Trinajstić information content (AvgIpc) is 3.23. The van der Waals surface area contributed by atoms with Crippen molar-refractivity contribution in [1.29, 1.82) is 0 Å². The minimum absolute atomic E-state index is 0.627. The zero-order valence-corrected chi connectivity index (χ0v) is 28.0. The van der Waals surface area contributed by atoms with Crippen LogP contribution >= 0.6 is 0 Å². The first-order valence-corrected chi connectivity index (χ1v) is 17.3. The maximum absolute atomic E-state index is 5.14. The SMILES string of the molecule is c1ccc(-c2nc(-c3ccc4cc(-c5ccc6ccc7cccnc7c6n5)ccc4c3)nc(-c3cccc4c(-c5ccccc5)cccc34)n2)cc1. The van der Waals surface area contributed by atoms with E-state index < -0.39 is 0 Å². The lowest BCUT2D eigenvalue weighted by molar-refractivity contribution is 1.08. The molecular weight excluding hydrogens is 635 g/mol. The first-order chi connectivity index (χ1) is 25.7. The van der Waals surface area contributed by atoms with E-state index in [0.717, 1.165) is 71.3 Å². The maximum Gasteiger partial charge on any atom is 0.164 e. The van der Waals surface area contributed by atoms with Gasteiger partial charge in [-0.25, -0.2) is 19.9 Å². The van der Waals surface area contributed by atoms with Gasteiger partial charge in [0.25, 0.3) is 0 Å². The van der Waals surface area contributed by atoms with Gasteiger partial charge in [-0.3, -0.25) is 4.98 Å². The summed E-state index contributed by atoms with van der Waals surface area (Å²) in [6, 6.07) is 58.7. The Bertz CT molecular complexity index is 2960. The molecule has 5 nitrogen and oxygen atoms in total. The molecule has 0 fully saturated rings. The van der Waals surface area contributed by atoms with Crippen molar-refractivity contribution in [3.8, 4) is 56.5 Å². The molecule has 0 aliphatic heterocycles. The topological polar surface area (TPSA) is 64.5 Å². The van der Waals surface area contributed by atoms with Crippen LogP contribution in [0, 0.1) is 0 Å². The van der Waals surface area contributed by atoms with Crippen molar-refractivity contribution in [2.45, 2.75) is 0 Å². The molecule has 10 rings (SSSR count). The molecule has 10 aromatic rings. The third kappa shape index (κ3) is 5.24. The molecule has 5 heteroatoms. The fourth-order valence-electron chi connectivity index (χ4n) is 7.14. The second-order valence-corrected chi connectivity index (χ2v) is 12.9. The molecule has 0 unspecified atom stereocenters. The molecule has 52 heavy (non-hydrogen) atoms. The number of fused-ring (bicyclic) bond motifs is 5. The zero-order valence-electron chi connectivity index (χ0n) is 28.0. The highest BCUT2D eigenvalue weighted by molar-refractivity contribution is 6.05. The van der Waals surface area contributed by atoms with Crippen LogP contribution in [0.2, 0.25) is 0 Å². The standard InChI is InChI=1S/C47H29N5/c1-3-10-30(11-4-1)38-15-7-17-40-39(38)16-8-18-41(40)47-51-45(33-12-5-2-6-13-33)50-46(52-47)37-24-22-34-28-36(23-21-35(34)29-37)42-26-25-32-20-19-31-14-9-27-48-43(31)44(32)49-42/h1-29H. The van der Waals surface area contributed by atoms with E-state index in [9.17, 15) is 0 Å². The maximum atomic E-state index is 5.14. The van der Waals surface area contributed by atoms with Crippen molar-refractivity contribution in [1.82, 2.24) is 24.9 Å². The third-order valence-corrected chi connectivity index (χ3v) is 9.74. The summed E-state index contributed by atoms with van der Waals surface area (Å²) in [4.78, 5) is 25.0. The van der Waals surface area contributed by atoms with Gasteiger partial charge in [-0.15, -0.1) is 0 Å². The Morgan fingerprint density at radius 3 is 1.65 bits per heavy atom. The van der Waals surface area contributed by atoms with Crippen LogP contribution in [0.1, 0.15) is 0 Å². The van der Waals surface area contributed by atoms with E-state index in [4.69, 9.17) is 19.9 Å². The normalized spacial score (nSPS) is 11.5. The van der Waals surface area contributed by atoms with E-state index in [1.807, 2.05) is 48.7 Å². The first kappa shape index (κ1) is 29.8. The Hall–Kier alpha value is -7.11. The van der Waals surface area contributed by atoms with Gasteiger partial charge in [0.1, 0.15) is 0 Å². The lowest BCUT2D eigenvalue weighted by atomic mass is 9.95. The predicted octanol–water partition coefficient (Wildman–Crippen LogP) is 11.6. The van der Waals surface area contributed by atoms with Gasteiger partial charge in [0, 0.05) is 39.2 Å². The number of benzene rings is 7. The minimum atomic E-state index is 0.627. The fourth-order valence-corrected chi connectivity index (χ4v) is 7.14. The summed E-state index contributed by atoms with van der Waals surface area (Å²) in [5.74, 6) is 1.90. The highest BCUT2D eigenvalue weighted by Crippen LogP contribution is 2.36. The Morgan fingerprint density at radius 2 is 0.885 bits per heavy atom. The molecule has 0 radical (unpaired) electrons. The molecule has 7 aromatic carbocycles. The molecule has 0 spiro atoms. The van der Waals surface area contributed by atoms with E-state index in [0.29, 0.717) is 17.5 Å². The summed E-state index contributed by atoms with van der Waals surface area (Å²) in [5, 5.41) is 6.61. The molecule has 3 aromatic heterocycles. The van der Waals surface area contributed by atoms with Crippen LogP contribution < -0.4 is 0 Å². The zero-order chi connectivity index (χ0) is 34.4. The number of pyridine rings is 2. The van der Waals surface area contributed by atoms with Gasteiger partial charge in [0.15, 0.2) is 17.5 Å². The lowest BCUT2D eigenvalue weighted by Gasteiger charge is -2.13. The van der Waals surface area contributed by atoms with Gasteiger partial charge >= 0.3 is 0 Å². The van der Waals surface area contributed by atoms with E-state index in [-0.39, 0.29) is 0 Å². The summed E-state index contributed by atoms with van der Waals surface area (Å²) >= 11 is 0. The van der Waals surface area contributed by atoms with Crippen molar-refractivity contribution >= 4 is 43.4 Å². The van der Waals surface area contributed by atoms with Gasteiger partial charge in [0.2, 0.25) is 0 Å². The molecule has 3 heterocycles. The second kappa shape index (κ2) is 12.3. The number of hydrogen-bond donors (Lipinski definition) is 0. The van der Waals surface area contributed by atoms with Gasteiger partial charge < -0.3 is 0 Å². The second-order valence-electron chi connectivity index (χ2n) is 12.9. The largest absolute Gasteiger partial charge is 0.254 e. The highest BCUT2D eigenvalue weighted by Gasteiger charge is 2.16.